The van der Waals surface area contributed by atoms with Crippen molar-refractivity contribution in [2.45, 2.75) is 32.0 Å². The molecule has 1 saturated carbocycles. The van der Waals surface area contributed by atoms with Crippen molar-refractivity contribution in [2.24, 2.45) is 0 Å². The Morgan fingerprint density at radius 2 is 1.58 bits per heavy atom. The predicted octanol–water partition coefficient (Wildman–Crippen LogP) is 3.10. The van der Waals surface area contributed by atoms with Crippen LogP contribution in [-0.4, -0.2) is 30.9 Å². The van der Waals surface area contributed by atoms with Crippen molar-refractivity contribution in [3.63, 3.8) is 0 Å². The molecule has 3 aromatic heterocycles. The van der Waals surface area contributed by atoms with Gasteiger partial charge < -0.3 is 0 Å². The van der Waals surface area contributed by atoms with E-state index in [2.05, 4.69) is 37.0 Å². The molecular weight excluding hydrogens is 298 g/mol. The molecule has 0 aromatic carbocycles. The Balaban J connectivity index is 1.47. The highest BCUT2D eigenvalue weighted by Gasteiger charge is 2.29. The van der Waals surface area contributed by atoms with Crippen LogP contribution in [0.1, 0.15) is 24.0 Å². The quantitative estimate of drug-likeness (QED) is 0.699. The average Bonchev–Trinajstić information content (AvgIpc) is 3.49. The van der Waals surface area contributed by atoms with Crippen molar-refractivity contribution in [3.8, 4) is 11.5 Å². The maximum absolute atomic E-state index is 4.48. The molecule has 0 spiro atoms. The van der Waals surface area contributed by atoms with Crippen molar-refractivity contribution in [2.75, 3.05) is 0 Å². The van der Waals surface area contributed by atoms with Gasteiger partial charge in [-0.3, -0.25) is 14.9 Å². The first-order chi connectivity index (χ1) is 11.9. The molecule has 0 bridgehead atoms. The Morgan fingerprint density at radius 1 is 0.833 bits per heavy atom. The molecule has 1 aliphatic rings. The summed E-state index contributed by atoms with van der Waals surface area (Å²) in [6.45, 7) is 1.81. The monoisotopic (exact) mass is 317 g/mol. The number of aromatic nitrogens is 4. The number of hydrogen-bond donors (Lipinski definition) is 0. The van der Waals surface area contributed by atoms with E-state index in [-0.39, 0.29) is 0 Å². The molecule has 0 aliphatic heterocycles. The van der Waals surface area contributed by atoms with E-state index in [1.165, 1.54) is 18.4 Å². The van der Waals surface area contributed by atoms with E-state index in [4.69, 9.17) is 0 Å². The second-order valence-corrected chi connectivity index (χ2v) is 6.12. The Morgan fingerprint density at radius 3 is 2.25 bits per heavy atom. The molecule has 5 heteroatoms. The van der Waals surface area contributed by atoms with E-state index in [9.17, 15) is 0 Å². The molecule has 4 rings (SSSR count). The van der Waals surface area contributed by atoms with Gasteiger partial charge in [0, 0.05) is 55.7 Å². The maximum Gasteiger partial charge on any atom is 0.178 e. The molecule has 0 radical (unpaired) electrons. The molecule has 24 heavy (non-hydrogen) atoms. The van der Waals surface area contributed by atoms with Gasteiger partial charge in [-0.1, -0.05) is 6.07 Å². The second kappa shape index (κ2) is 6.84. The van der Waals surface area contributed by atoms with Crippen LogP contribution < -0.4 is 0 Å². The van der Waals surface area contributed by atoms with Crippen LogP contribution in [0, 0.1) is 0 Å². The normalized spacial score (nSPS) is 14.0. The van der Waals surface area contributed by atoms with E-state index < -0.39 is 0 Å². The summed E-state index contributed by atoms with van der Waals surface area (Å²) in [5.74, 6) is 0.673. The largest absolute Gasteiger partial charge is 0.292 e. The van der Waals surface area contributed by atoms with E-state index in [0.29, 0.717) is 11.9 Å². The number of pyridine rings is 2. The third-order valence-electron chi connectivity index (χ3n) is 4.18. The molecule has 0 atom stereocenters. The number of rotatable bonds is 6. The van der Waals surface area contributed by atoms with Gasteiger partial charge >= 0.3 is 0 Å². The lowest BCUT2D eigenvalue weighted by molar-refractivity contribution is 0.245. The minimum absolute atomic E-state index is 0.673. The van der Waals surface area contributed by atoms with Gasteiger partial charge in [0.1, 0.15) is 5.69 Å². The minimum Gasteiger partial charge on any atom is -0.292 e. The molecule has 1 aliphatic carbocycles. The molecule has 3 aromatic rings. The van der Waals surface area contributed by atoms with Crippen LogP contribution in [0.2, 0.25) is 0 Å². The van der Waals surface area contributed by atoms with Crippen molar-refractivity contribution in [1.82, 2.24) is 24.8 Å². The average molecular weight is 317 g/mol. The summed E-state index contributed by atoms with van der Waals surface area (Å²) in [6.07, 6.45) is 11.8. The zero-order valence-corrected chi connectivity index (χ0v) is 13.4. The Bertz CT molecular complexity index is 770. The molecule has 5 nitrogen and oxygen atoms in total. The molecular formula is C19H19N5. The number of hydrogen-bond acceptors (Lipinski definition) is 5. The highest BCUT2D eigenvalue weighted by molar-refractivity contribution is 5.47. The molecule has 0 saturated heterocycles. The van der Waals surface area contributed by atoms with Gasteiger partial charge in [0.25, 0.3) is 0 Å². The lowest BCUT2D eigenvalue weighted by Crippen LogP contribution is -2.25. The van der Waals surface area contributed by atoms with Crippen molar-refractivity contribution in [3.05, 3.63) is 72.4 Å². The van der Waals surface area contributed by atoms with Crippen LogP contribution >= 0.6 is 0 Å². The molecule has 0 unspecified atom stereocenters. The van der Waals surface area contributed by atoms with Crippen LogP contribution in [0.4, 0.5) is 0 Å². The summed E-state index contributed by atoms with van der Waals surface area (Å²) in [7, 11) is 0. The third kappa shape index (κ3) is 3.63. The summed E-state index contributed by atoms with van der Waals surface area (Å²) in [4.78, 5) is 19.8. The first-order valence-corrected chi connectivity index (χ1v) is 8.24. The van der Waals surface area contributed by atoms with Crippen LogP contribution in [-0.2, 0) is 13.1 Å². The number of nitrogens with zero attached hydrogens (tertiary/aromatic N) is 5. The summed E-state index contributed by atoms with van der Waals surface area (Å²) in [5.41, 5.74) is 3.23. The Kier molecular flexibility index (Phi) is 4.25. The highest BCUT2D eigenvalue weighted by atomic mass is 15.2. The molecule has 120 valence electrons. The zero-order chi connectivity index (χ0) is 16.2. The Labute approximate surface area is 141 Å². The standard InChI is InChI=1S/C19H19N5/c1-2-8-21-18(3-1)19-22-11-16(12-23-19)14-24(17-4-5-17)13-15-6-9-20-10-7-15/h1-3,6-12,17H,4-5,13-14H2. The Hall–Kier alpha value is -2.66. The highest BCUT2D eigenvalue weighted by Crippen LogP contribution is 2.29. The topological polar surface area (TPSA) is 54.8 Å². The van der Waals surface area contributed by atoms with Gasteiger partial charge in [-0.05, 0) is 42.7 Å². The summed E-state index contributed by atoms with van der Waals surface area (Å²) in [5, 5.41) is 0. The van der Waals surface area contributed by atoms with Gasteiger partial charge in [0.2, 0.25) is 0 Å². The van der Waals surface area contributed by atoms with Crippen LogP contribution in [0.15, 0.2) is 61.3 Å². The van der Waals surface area contributed by atoms with Crippen molar-refractivity contribution >= 4 is 0 Å². The van der Waals surface area contributed by atoms with Crippen LogP contribution in [0.3, 0.4) is 0 Å². The van der Waals surface area contributed by atoms with Crippen molar-refractivity contribution < 1.29 is 0 Å². The van der Waals surface area contributed by atoms with E-state index in [1.54, 1.807) is 6.20 Å². The zero-order valence-electron chi connectivity index (χ0n) is 13.4. The van der Waals surface area contributed by atoms with Gasteiger partial charge in [0.15, 0.2) is 5.82 Å². The van der Waals surface area contributed by atoms with E-state index in [1.807, 2.05) is 43.0 Å². The lowest BCUT2D eigenvalue weighted by Gasteiger charge is -2.21. The van der Waals surface area contributed by atoms with Crippen LogP contribution in [0.25, 0.3) is 11.5 Å². The van der Waals surface area contributed by atoms with Crippen molar-refractivity contribution in [1.29, 1.82) is 0 Å². The van der Waals surface area contributed by atoms with E-state index >= 15 is 0 Å². The van der Waals surface area contributed by atoms with Gasteiger partial charge in [-0.15, -0.1) is 0 Å². The lowest BCUT2D eigenvalue weighted by atomic mass is 10.2. The van der Waals surface area contributed by atoms with Gasteiger partial charge in [-0.25, -0.2) is 9.97 Å². The smallest absolute Gasteiger partial charge is 0.178 e. The fourth-order valence-corrected chi connectivity index (χ4v) is 2.77. The maximum atomic E-state index is 4.48. The minimum atomic E-state index is 0.673. The van der Waals surface area contributed by atoms with Gasteiger partial charge in [0.05, 0.1) is 0 Å². The fraction of sp³-hybridized carbons (Fsp3) is 0.263. The second-order valence-electron chi connectivity index (χ2n) is 6.12. The molecule has 1 fully saturated rings. The third-order valence-corrected chi connectivity index (χ3v) is 4.18. The summed E-state index contributed by atoms with van der Waals surface area (Å²) >= 11 is 0. The van der Waals surface area contributed by atoms with Gasteiger partial charge in [-0.2, -0.15) is 0 Å². The first-order valence-electron chi connectivity index (χ1n) is 8.24. The molecule has 0 amide bonds. The predicted molar refractivity (Wildman–Crippen MR) is 91.8 cm³/mol. The summed E-state index contributed by atoms with van der Waals surface area (Å²) < 4.78 is 0. The molecule has 3 heterocycles. The first kappa shape index (κ1) is 14.9. The fourth-order valence-electron chi connectivity index (χ4n) is 2.77. The van der Waals surface area contributed by atoms with E-state index in [0.717, 1.165) is 24.3 Å². The SMILES string of the molecule is c1ccc(-c2ncc(CN(Cc3ccncc3)C3CC3)cn2)nc1. The van der Waals surface area contributed by atoms with Crippen LogP contribution in [0.5, 0.6) is 0 Å². The summed E-state index contributed by atoms with van der Waals surface area (Å²) in [6, 6.07) is 10.6. The molecule has 0 N–H and O–H groups in total.